The Balaban J connectivity index is 3.09. The van der Waals surface area contributed by atoms with Crippen molar-refractivity contribution in [2.75, 3.05) is 0 Å². The SMILES string of the molecule is NS(=O)(=O)c1ccc(CBr)cn1. The molecule has 2 N–H and O–H groups in total. The van der Waals surface area contributed by atoms with Gasteiger partial charge < -0.3 is 0 Å². The van der Waals surface area contributed by atoms with Crippen molar-refractivity contribution in [3.8, 4) is 0 Å². The number of halogens is 1. The molecule has 0 amide bonds. The Bertz CT molecular complexity index is 360. The number of sulfonamides is 1. The molecule has 0 aliphatic rings. The highest BCUT2D eigenvalue weighted by Gasteiger charge is 2.07. The van der Waals surface area contributed by atoms with Crippen molar-refractivity contribution in [3.05, 3.63) is 23.9 Å². The van der Waals surface area contributed by atoms with Gasteiger partial charge in [-0.2, -0.15) is 0 Å². The minimum Gasteiger partial charge on any atom is -0.243 e. The van der Waals surface area contributed by atoms with Gasteiger partial charge in [-0.1, -0.05) is 22.0 Å². The number of alkyl halides is 1. The van der Waals surface area contributed by atoms with Gasteiger partial charge >= 0.3 is 0 Å². The lowest BCUT2D eigenvalue weighted by Gasteiger charge is -1.97. The lowest BCUT2D eigenvalue weighted by Crippen LogP contribution is -2.13. The molecular weight excluding hydrogens is 244 g/mol. The number of hydrogen-bond acceptors (Lipinski definition) is 3. The number of nitrogens with zero attached hydrogens (tertiary/aromatic N) is 1. The van der Waals surface area contributed by atoms with E-state index in [1.807, 2.05) is 0 Å². The third-order valence-electron chi connectivity index (χ3n) is 1.24. The Morgan fingerprint density at radius 2 is 2.17 bits per heavy atom. The van der Waals surface area contributed by atoms with Crippen LogP contribution in [0.3, 0.4) is 0 Å². The van der Waals surface area contributed by atoms with E-state index in [2.05, 4.69) is 20.9 Å². The molecule has 66 valence electrons. The van der Waals surface area contributed by atoms with Crippen LogP contribution in [0.25, 0.3) is 0 Å². The molecule has 1 rings (SSSR count). The Kier molecular flexibility index (Phi) is 2.81. The minimum atomic E-state index is -3.65. The summed E-state index contributed by atoms with van der Waals surface area (Å²) in [7, 11) is -3.65. The van der Waals surface area contributed by atoms with Crippen LogP contribution in [0.2, 0.25) is 0 Å². The lowest BCUT2D eigenvalue weighted by molar-refractivity contribution is 0.594. The predicted octanol–water partition coefficient (Wildman–Crippen LogP) is 0.624. The molecule has 0 saturated heterocycles. The molecule has 4 nitrogen and oxygen atoms in total. The summed E-state index contributed by atoms with van der Waals surface area (Å²) in [6.45, 7) is 0. The Morgan fingerprint density at radius 1 is 1.50 bits per heavy atom. The second-order valence-electron chi connectivity index (χ2n) is 2.18. The van der Waals surface area contributed by atoms with Crippen LogP contribution in [0.15, 0.2) is 23.4 Å². The van der Waals surface area contributed by atoms with Gasteiger partial charge in [0.1, 0.15) is 0 Å². The summed E-state index contributed by atoms with van der Waals surface area (Å²) in [4.78, 5) is 3.68. The molecule has 0 spiro atoms. The quantitative estimate of drug-likeness (QED) is 0.783. The van der Waals surface area contributed by atoms with Crippen LogP contribution >= 0.6 is 15.9 Å². The first kappa shape index (κ1) is 9.63. The number of hydrogen-bond donors (Lipinski definition) is 1. The molecule has 6 heteroatoms. The van der Waals surface area contributed by atoms with E-state index in [4.69, 9.17) is 5.14 Å². The smallest absolute Gasteiger partial charge is 0.243 e. The summed E-state index contributed by atoms with van der Waals surface area (Å²) in [5, 5.41) is 5.39. The molecule has 0 aromatic carbocycles. The molecule has 1 aromatic heterocycles. The number of pyridine rings is 1. The average Bonchev–Trinajstić information content (AvgIpc) is 2.03. The number of nitrogens with two attached hydrogens (primary N) is 1. The first-order valence-electron chi connectivity index (χ1n) is 3.08. The number of aromatic nitrogens is 1. The largest absolute Gasteiger partial charge is 0.255 e. The normalized spacial score (nSPS) is 11.5. The van der Waals surface area contributed by atoms with E-state index in [0.29, 0.717) is 5.33 Å². The molecule has 0 saturated carbocycles. The highest BCUT2D eigenvalue weighted by Crippen LogP contribution is 2.07. The van der Waals surface area contributed by atoms with Crippen molar-refractivity contribution < 1.29 is 8.42 Å². The van der Waals surface area contributed by atoms with Gasteiger partial charge in [0.2, 0.25) is 0 Å². The highest BCUT2D eigenvalue weighted by atomic mass is 79.9. The Labute approximate surface area is 79.0 Å². The van der Waals surface area contributed by atoms with Gasteiger partial charge in [-0.15, -0.1) is 0 Å². The van der Waals surface area contributed by atoms with E-state index in [1.165, 1.54) is 12.3 Å². The van der Waals surface area contributed by atoms with E-state index in [9.17, 15) is 8.42 Å². The van der Waals surface area contributed by atoms with Crippen molar-refractivity contribution in [2.24, 2.45) is 5.14 Å². The number of rotatable bonds is 2. The van der Waals surface area contributed by atoms with Crippen molar-refractivity contribution in [1.29, 1.82) is 0 Å². The van der Waals surface area contributed by atoms with Gasteiger partial charge in [-0.25, -0.2) is 18.5 Å². The first-order chi connectivity index (χ1) is 5.54. The third kappa shape index (κ3) is 2.26. The molecule has 1 aromatic rings. The monoisotopic (exact) mass is 250 g/mol. The minimum absolute atomic E-state index is 0.104. The van der Waals surface area contributed by atoms with E-state index in [0.717, 1.165) is 5.56 Å². The van der Waals surface area contributed by atoms with Gasteiger partial charge in [0, 0.05) is 11.5 Å². The zero-order valence-corrected chi connectivity index (χ0v) is 8.47. The standard InChI is InChI=1S/C6H7BrN2O2S/c7-3-5-1-2-6(9-4-5)12(8,10)11/h1-2,4H,3H2,(H2,8,10,11). The van der Waals surface area contributed by atoms with Crippen LogP contribution in [0.4, 0.5) is 0 Å². The van der Waals surface area contributed by atoms with Gasteiger partial charge in [0.05, 0.1) is 0 Å². The van der Waals surface area contributed by atoms with Crippen molar-refractivity contribution in [1.82, 2.24) is 4.98 Å². The Morgan fingerprint density at radius 3 is 2.50 bits per heavy atom. The maximum atomic E-state index is 10.7. The fourth-order valence-corrected chi connectivity index (χ4v) is 1.45. The van der Waals surface area contributed by atoms with E-state index in [-0.39, 0.29) is 5.03 Å². The summed E-state index contributed by atoms with van der Waals surface area (Å²) < 4.78 is 21.5. The van der Waals surface area contributed by atoms with Gasteiger partial charge in [0.25, 0.3) is 10.0 Å². The molecular formula is C6H7BrN2O2S. The maximum Gasteiger partial charge on any atom is 0.255 e. The molecule has 1 heterocycles. The van der Waals surface area contributed by atoms with Crippen molar-refractivity contribution >= 4 is 26.0 Å². The zero-order chi connectivity index (χ0) is 9.19. The fraction of sp³-hybridized carbons (Fsp3) is 0.167. The van der Waals surface area contributed by atoms with Gasteiger partial charge in [-0.05, 0) is 11.6 Å². The van der Waals surface area contributed by atoms with Gasteiger partial charge in [0.15, 0.2) is 5.03 Å². The average molecular weight is 251 g/mol. The third-order valence-corrected chi connectivity index (χ3v) is 2.72. The fourth-order valence-electron chi connectivity index (χ4n) is 0.658. The van der Waals surface area contributed by atoms with Crippen molar-refractivity contribution in [3.63, 3.8) is 0 Å². The molecule has 0 fully saturated rings. The molecule has 0 atom stereocenters. The Hall–Kier alpha value is -0.460. The second-order valence-corrected chi connectivity index (χ2v) is 4.25. The summed E-state index contributed by atoms with van der Waals surface area (Å²) in [6.07, 6.45) is 1.47. The molecule has 0 aliphatic heterocycles. The molecule has 0 unspecified atom stereocenters. The summed E-state index contributed by atoms with van der Waals surface area (Å²) >= 11 is 3.21. The first-order valence-corrected chi connectivity index (χ1v) is 5.74. The van der Waals surface area contributed by atoms with Crippen LogP contribution in [0.1, 0.15) is 5.56 Å². The van der Waals surface area contributed by atoms with Crippen LogP contribution in [0, 0.1) is 0 Å². The summed E-state index contributed by atoms with van der Waals surface area (Å²) in [6, 6.07) is 3.04. The van der Waals surface area contributed by atoms with Crippen molar-refractivity contribution in [2.45, 2.75) is 10.4 Å². The second kappa shape index (κ2) is 3.51. The lowest BCUT2D eigenvalue weighted by atomic mass is 10.3. The zero-order valence-electron chi connectivity index (χ0n) is 6.07. The van der Waals surface area contributed by atoms with Crippen LogP contribution in [-0.4, -0.2) is 13.4 Å². The van der Waals surface area contributed by atoms with E-state index >= 15 is 0 Å². The van der Waals surface area contributed by atoms with E-state index in [1.54, 1.807) is 6.07 Å². The van der Waals surface area contributed by atoms with Crippen LogP contribution < -0.4 is 5.14 Å². The molecule has 0 radical (unpaired) electrons. The topological polar surface area (TPSA) is 73.1 Å². The van der Waals surface area contributed by atoms with Gasteiger partial charge in [-0.3, -0.25) is 0 Å². The predicted molar refractivity (Wildman–Crippen MR) is 48.2 cm³/mol. The molecule has 0 aliphatic carbocycles. The molecule has 0 bridgehead atoms. The van der Waals surface area contributed by atoms with E-state index < -0.39 is 10.0 Å². The van der Waals surface area contributed by atoms with Crippen LogP contribution in [0.5, 0.6) is 0 Å². The molecule has 12 heavy (non-hydrogen) atoms. The highest BCUT2D eigenvalue weighted by molar-refractivity contribution is 9.08. The maximum absolute atomic E-state index is 10.7. The number of primary sulfonamides is 1. The van der Waals surface area contributed by atoms with Crippen LogP contribution in [-0.2, 0) is 15.4 Å². The summed E-state index contributed by atoms with van der Waals surface area (Å²) in [5.41, 5.74) is 0.905. The summed E-state index contributed by atoms with van der Waals surface area (Å²) in [5.74, 6) is 0.